The van der Waals surface area contributed by atoms with Crippen molar-refractivity contribution >= 4 is 17.1 Å². The van der Waals surface area contributed by atoms with Crippen molar-refractivity contribution in [3.63, 3.8) is 0 Å². The van der Waals surface area contributed by atoms with E-state index in [0.717, 1.165) is 103 Å². The molecule has 8 heteroatoms. The molecular weight excluding hydrogens is 549 g/mol. The van der Waals surface area contributed by atoms with Crippen LogP contribution in [0.3, 0.4) is 0 Å². The summed E-state index contributed by atoms with van der Waals surface area (Å²) >= 11 is 0. The molecule has 0 bridgehead atoms. The Labute approximate surface area is 254 Å². The van der Waals surface area contributed by atoms with Gasteiger partial charge in [-0.25, -0.2) is 5.01 Å². The van der Waals surface area contributed by atoms with Crippen LogP contribution in [-0.2, 0) is 12.6 Å². The van der Waals surface area contributed by atoms with Crippen molar-refractivity contribution in [2.24, 2.45) is 5.10 Å². The fraction of sp³-hybridized carbons (Fsp3) is 0.457. The van der Waals surface area contributed by atoms with Crippen LogP contribution in [0.4, 0.5) is 24.5 Å². The summed E-state index contributed by atoms with van der Waals surface area (Å²) in [5.41, 5.74) is 7.92. The number of benzene rings is 2. The first-order valence-corrected chi connectivity index (χ1v) is 15.6. The van der Waals surface area contributed by atoms with Crippen molar-refractivity contribution in [3.05, 3.63) is 87.8 Å². The van der Waals surface area contributed by atoms with E-state index in [2.05, 4.69) is 29.4 Å². The second-order valence-corrected chi connectivity index (χ2v) is 11.5. The number of aryl methyl sites for hydroxylation is 1. The highest BCUT2D eigenvalue weighted by Crippen LogP contribution is 2.49. The summed E-state index contributed by atoms with van der Waals surface area (Å²) in [4.78, 5) is 4.45. The van der Waals surface area contributed by atoms with Crippen molar-refractivity contribution in [2.75, 3.05) is 43.2 Å². The average Bonchev–Trinajstić information content (AvgIpc) is 3.52. The van der Waals surface area contributed by atoms with Crippen LogP contribution < -0.4 is 14.6 Å². The first-order valence-electron chi connectivity index (χ1n) is 15.6. The smallest absolute Gasteiger partial charge is 0.418 e. The first-order chi connectivity index (χ1) is 20.7. The molecule has 1 saturated heterocycles. The minimum absolute atomic E-state index is 0.0844. The van der Waals surface area contributed by atoms with Gasteiger partial charge in [-0.05, 0) is 93.0 Å². The van der Waals surface area contributed by atoms with Gasteiger partial charge in [0.15, 0.2) is 0 Å². The lowest BCUT2D eigenvalue weighted by atomic mass is 9.94. The van der Waals surface area contributed by atoms with E-state index in [0.29, 0.717) is 18.0 Å². The topological polar surface area (TPSA) is 31.3 Å². The Bertz CT molecular complexity index is 1450. The second kappa shape index (κ2) is 12.5. The number of ether oxygens (including phenoxy) is 1. The molecule has 3 aliphatic heterocycles. The van der Waals surface area contributed by atoms with Gasteiger partial charge in [0.25, 0.3) is 0 Å². The SMILES string of the molecule is C=C(C)CN1CCC2=C1C(=C1CC1)N(c1cc(N3CCCC3)ccc1C(F)(F)F)N=C2c1cc(CC)cc(OC)c1.CC. The maximum Gasteiger partial charge on any atom is 0.418 e. The number of nitrogens with zero attached hydrogens (tertiary/aromatic N) is 4. The van der Waals surface area contributed by atoms with Gasteiger partial charge in [0.05, 0.1) is 35.5 Å². The Hall–Kier alpha value is -3.68. The normalized spacial score (nSPS) is 18.0. The third kappa shape index (κ3) is 6.20. The van der Waals surface area contributed by atoms with Crippen LogP contribution >= 0.6 is 0 Å². The Morgan fingerprint density at radius 3 is 2.30 bits per heavy atom. The van der Waals surface area contributed by atoms with Gasteiger partial charge in [-0.1, -0.05) is 32.9 Å². The summed E-state index contributed by atoms with van der Waals surface area (Å²) in [6.07, 6.45) is 0.853. The Balaban J connectivity index is 0.00000180. The fourth-order valence-electron chi connectivity index (χ4n) is 6.23. The Kier molecular flexibility index (Phi) is 8.95. The lowest BCUT2D eigenvalue weighted by Gasteiger charge is -2.35. The van der Waals surface area contributed by atoms with Gasteiger partial charge < -0.3 is 14.5 Å². The van der Waals surface area contributed by atoms with E-state index in [4.69, 9.17) is 9.84 Å². The van der Waals surface area contributed by atoms with Gasteiger partial charge in [-0.3, -0.25) is 0 Å². The van der Waals surface area contributed by atoms with Crippen LogP contribution in [0.25, 0.3) is 0 Å². The van der Waals surface area contributed by atoms with Crippen LogP contribution in [-0.4, -0.2) is 43.9 Å². The third-order valence-corrected chi connectivity index (χ3v) is 8.32. The molecule has 6 rings (SSSR count). The molecule has 230 valence electrons. The minimum Gasteiger partial charge on any atom is -0.497 e. The summed E-state index contributed by atoms with van der Waals surface area (Å²) in [6, 6.07) is 10.6. The molecule has 3 heterocycles. The number of hydrazone groups is 1. The highest BCUT2D eigenvalue weighted by molar-refractivity contribution is 6.15. The molecule has 0 radical (unpaired) electrons. The fourth-order valence-corrected chi connectivity index (χ4v) is 6.23. The van der Waals surface area contributed by atoms with Crippen LogP contribution in [0.2, 0.25) is 0 Å². The molecule has 0 atom stereocenters. The van der Waals surface area contributed by atoms with E-state index in [1.54, 1.807) is 24.3 Å². The quantitative estimate of drug-likeness (QED) is 0.301. The van der Waals surface area contributed by atoms with E-state index in [1.807, 2.05) is 32.9 Å². The number of alkyl halides is 3. The van der Waals surface area contributed by atoms with Crippen LogP contribution in [0, 0.1) is 0 Å². The second-order valence-electron chi connectivity index (χ2n) is 11.5. The van der Waals surface area contributed by atoms with E-state index in [9.17, 15) is 13.2 Å². The molecule has 0 amide bonds. The summed E-state index contributed by atoms with van der Waals surface area (Å²) in [5.74, 6) is 0.714. The van der Waals surface area contributed by atoms with Gasteiger partial charge in [0.2, 0.25) is 0 Å². The highest BCUT2D eigenvalue weighted by atomic mass is 19.4. The summed E-state index contributed by atoms with van der Waals surface area (Å²) in [7, 11) is 1.64. The number of hydrogen-bond donors (Lipinski definition) is 0. The summed E-state index contributed by atoms with van der Waals surface area (Å²) in [6.45, 7) is 15.3. The van der Waals surface area contributed by atoms with Crippen LogP contribution in [0.5, 0.6) is 5.75 Å². The highest BCUT2D eigenvalue weighted by Gasteiger charge is 2.43. The molecule has 0 N–H and O–H groups in total. The van der Waals surface area contributed by atoms with Crippen molar-refractivity contribution in [1.82, 2.24) is 4.90 Å². The predicted molar refractivity (Wildman–Crippen MR) is 170 cm³/mol. The number of halogens is 3. The zero-order valence-corrected chi connectivity index (χ0v) is 26.1. The van der Waals surface area contributed by atoms with Crippen molar-refractivity contribution in [1.29, 1.82) is 0 Å². The maximum atomic E-state index is 14.6. The predicted octanol–water partition coefficient (Wildman–Crippen LogP) is 8.71. The maximum absolute atomic E-state index is 14.6. The molecule has 0 spiro atoms. The number of rotatable bonds is 7. The zero-order valence-electron chi connectivity index (χ0n) is 26.1. The van der Waals surface area contributed by atoms with E-state index in [1.165, 1.54) is 6.07 Å². The lowest BCUT2D eigenvalue weighted by Crippen LogP contribution is -2.33. The molecule has 2 aromatic rings. The molecule has 1 saturated carbocycles. The summed E-state index contributed by atoms with van der Waals surface area (Å²) in [5, 5.41) is 6.74. The van der Waals surface area contributed by atoms with Gasteiger partial charge in [0, 0.05) is 43.0 Å². The molecule has 43 heavy (non-hydrogen) atoms. The van der Waals surface area contributed by atoms with Gasteiger partial charge in [-0.2, -0.15) is 18.3 Å². The number of hydrogen-bond acceptors (Lipinski definition) is 5. The molecule has 1 aliphatic carbocycles. The minimum atomic E-state index is -4.53. The molecular formula is C35H43F3N4O. The average molecular weight is 593 g/mol. The standard InChI is InChI=1S/C33H37F3N4O.C2H6/c1-5-22-16-24(18-26(17-22)41-4)30-27-12-15-39(20-21(2)3)32(27)31(23-8-9-23)40(37-30)29-19-25(38-13-6-7-14-38)10-11-28(29)33(34,35)36;1-2/h10-11,16-19H,2,5-9,12-15,20H2,1,3-4H3;1-2H3. The van der Waals surface area contributed by atoms with Gasteiger partial charge in [0.1, 0.15) is 5.75 Å². The third-order valence-electron chi connectivity index (χ3n) is 8.32. The lowest BCUT2D eigenvalue weighted by molar-refractivity contribution is -0.137. The van der Waals surface area contributed by atoms with Crippen molar-refractivity contribution in [2.45, 2.75) is 72.4 Å². The summed E-state index contributed by atoms with van der Waals surface area (Å²) < 4.78 is 49.5. The van der Waals surface area contributed by atoms with E-state index in [-0.39, 0.29) is 5.69 Å². The monoisotopic (exact) mass is 592 g/mol. The van der Waals surface area contributed by atoms with E-state index < -0.39 is 11.7 Å². The molecule has 2 fully saturated rings. The number of methoxy groups -OCH3 is 1. The van der Waals surface area contributed by atoms with Crippen LogP contribution in [0.15, 0.2) is 76.2 Å². The molecule has 4 aliphatic rings. The Morgan fingerprint density at radius 2 is 1.70 bits per heavy atom. The van der Waals surface area contributed by atoms with Gasteiger partial charge in [-0.15, -0.1) is 0 Å². The Morgan fingerprint density at radius 1 is 0.977 bits per heavy atom. The molecule has 0 unspecified atom stereocenters. The zero-order chi connectivity index (χ0) is 30.9. The molecule has 5 nitrogen and oxygen atoms in total. The van der Waals surface area contributed by atoms with Gasteiger partial charge >= 0.3 is 6.18 Å². The first kappa shape index (κ1) is 30.8. The van der Waals surface area contributed by atoms with Crippen molar-refractivity contribution < 1.29 is 17.9 Å². The largest absolute Gasteiger partial charge is 0.497 e. The number of allylic oxidation sites excluding steroid dienone is 1. The molecule has 0 aromatic heterocycles. The molecule has 2 aromatic carbocycles. The van der Waals surface area contributed by atoms with Crippen molar-refractivity contribution in [3.8, 4) is 5.75 Å². The number of anilines is 2. The van der Waals surface area contributed by atoms with Crippen LogP contribution in [0.1, 0.15) is 76.5 Å². The van der Waals surface area contributed by atoms with E-state index >= 15 is 0 Å².